The summed E-state index contributed by atoms with van der Waals surface area (Å²) < 4.78 is 115. The van der Waals surface area contributed by atoms with E-state index in [0.29, 0.717) is 0 Å². The molecule has 1 aliphatic rings. The van der Waals surface area contributed by atoms with Gasteiger partial charge in [-0.2, -0.15) is 26.3 Å². The van der Waals surface area contributed by atoms with Crippen molar-refractivity contribution < 1.29 is 52.4 Å². The van der Waals surface area contributed by atoms with Gasteiger partial charge in [-0.05, 0) is 6.42 Å². The average Bonchev–Trinajstić information content (AvgIpc) is 2.36. The van der Waals surface area contributed by atoms with Crippen LogP contribution in [0.2, 0.25) is 0 Å². The molecule has 1 saturated heterocycles. The fraction of sp³-hybridized carbons (Fsp3) is 1.00. The zero-order valence-electron chi connectivity index (χ0n) is 13.3. The molecule has 0 spiro atoms. The van der Waals surface area contributed by atoms with Crippen molar-refractivity contribution in [3.63, 3.8) is 0 Å². The van der Waals surface area contributed by atoms with Crippen molar-refractivity contribution >= 4 is 20.0 Å². The van der Waals surface area contributed by atoms with E-state index in [1.165, 1.54) is 30.5 Å². The third kappa shape index (κ3) is 7.64. The average molecular weight is 425 g/mol. The van der Waals surface area contributed by atoms with Gasteiger partial charge < -0.3 is 9.22 Å². The fourth-order valence-electron chi connectivity index (χ4n) is 1.79. The van der Waals surface area contributed by atoms with Gasteiger partial charge in [0.2, 0.25) is 0 Å². The van der Waals surface area contributed by atoms with Gasteiger partial charge in [-0.3, -0.25) is 0 Å². The molecule has 0 aromatic heterocycles. The molecule has 1 heterocycles. The lowest BCUT2D eigenvalue weighted by molar-refractivity contribution is -0.916. The minimum absolute atomic E-state index is 0.493. The van der Waals surface area contributed by atoms with Crippen LogP contribution in [0.1, 0.15) is 13.3 Å². The molecule has 0 amide bonds. The van der Waals surface area contributed by atoms with E-state index in [1.54, 1.807) is 0 Å². The van der Waals surface area contributed by atoms with Crippen molar-refractivity contribution in [2.45, 2.75) is 24.4 Å². The van der Waals surface area contributed by atoms with Gasteiger partial charge in [-0.15, -0.1) is 0 Å². The van der Waals surface area contributed by atoms with E-state index in [-0.39, 0.29) is 0 Å². The predicted molar refractivity (Wildman–Crippen MR) is 75.0 cm³/mol. The molecule has 0 radical (unpaired) electrons. The van der Waals surface area contributed by atoms with Crippen molar-refractivity contribution in [2.24, 2.45) is 0 Å². The summed E-state index contributed by atoms with van der Waals surface area (Å²) in [6.45, 7) is 7.87. The van der Waals surface area contributed by atoms with Crippen LogP contribution in [0, 0.1) is 0 Å². The molecule has 25 heavy (non-hydrogen) atoms. The summed E-state index contributed by atoms with van der Waals surface area (Å²) in [4.78, 5) is 0. The second-order valence-corrected chi connectivity index (χ2v) is 8.99. The number of likely N-dealkylation sites (N-methyl/N-ethyl adjacent to an activating group) is 1. The Bertz CT molecular complexity index is 576. The van der Waals surface area contributed by atoms with E-state index in [9.17, 15) is 43.2 Å². The Labute approximate surface area is 141 Å². The number of sulfonamides is 2. The van der Waals surface area contributed by atoms with E-state index < -0.39 is 35.2 Å². The summed E-state index contributed by atoms with van der Waals surface area (Å²) in [6.07, 6.45) is 1.29. The number of quaternary nitrogens is 1. The molecule has 0 aromatic rings. The van der Waals surface area contributed by atoms with Crippen molar-refractivity contribution in [3.8, 4) is 0 Å². The second kappa shape index (κ2) is 8.37. The number of alkyl halides is 6. The standard InChI is InChI=1S/C8H18NO.C2HF6NO4S2/c1-3-4-9(2)5-7-10-8-6-9;3-1(4,5)14(10,11)9-15(12,13)2(6,7)8/h3-8H2,1-2H3;9H/q+1;. The number of hydrogen-bond donors (Lipinski definition) is 1. The quantitative estimate of drug-likeness (QED) is 0.539. The van der Waals surface area contributed by atoms with E-state index in [4.69, 9.17) is 4.74 Å². The van der Waals surface area contributed by atoms with Gasteiger partial charge >= 0.3 is 31.1 Å². The molecule has 1 aliphatic heterocycles. The highest BCUT2D eigenvalue weighted by molar-refractivity contribution is 8.05. The molecule has 0 aromatic carbocycles. The lowest BCUT2D eigenvalue weighted by Crippen LogP contribution is -2.52. The van der Waals surface area contributed by atoms with Gasteiger partial charge in [0.15, 0.2) is 0 Å². The number of rotatable bonds is 4. The van der Waals surface area contributed by atoms with Crippen LogP contribution < -0.4 is 4.13 Å². The first-order valence-corrected chi connectivity index (χ1v) is 9.76. The SMILES string of the molecule is CCC[N+]1(C)CCOCC1.O=S(=O)(NS(=O)(=O)C(F)(F)F)C(F)(F)F. The third-order valence-electron chi connectivity index (χ3n) is 3.14. The van der Waals surface area contributed by atoms with Crippen LogP contribution >= 0.6 is 0 Å². The van der Waals surface area contributed by atoms with Gasteiger partial charge in [0.1, 0.15) is 13.1 Å². The van der Waals surface area contributed by atoms with Crippen LogP contribution in [0.5, 0.6) is 0 Å². The van der Waals surface area contributed by atoms with Gasteiger partial charge in [0.25, 0.3) is 0 Å². The van der Waals surface area contributed by atoms with Crippen molar-refractivity contribution in [1.29, 1.82) is 0 Å². The normalized spacial score (nSPS) is 19.0. The maximum atomic E-state index is 11.5. The molecule has 0 unspecified atom stereocenters. The monoisotopic (exact) mass is 425 g/mol. The zero-order chi connectivity index (χ0) is 20.2. The van der Waals surface area contributed by atoms with Crippen LogP contribution in [-0.4, -0.2) is 72.2 Å². The number of halogens is 6. The predicted octanol–water partition coefficient (Wildman–Crippen LogP) is 1.15. The van der Waals surface area contributed by atoms with Crippen LogP contribution in [0.4, 0.5) is 26.3 Å². The molecule has 0 atom stereocenters. The van der Waals surface area contributed by atoms with E-state index >= 15 is 0 Å². The molecular weight excluding hydrogens is 406 g/mol. The summed E-state index contributed by atoms with van der Waals surface area (Å²) in [5.74, 6) is 0. The number of nitrogens with zero attached hydrogens (tertiary/aromatic N) is 1. The number of ether oxygens (including phenoxy) is 1. The highest BCUT2D eigenvalue weighted by atomic mass is 32.3. The number of morpholine rings is 1. The van der Waals surface area contributed by atoms with Crippen LogP contribution in [0.15, 0.2) is 0 Å². The Morgan fingerprint density at radius 2 is 1.28 bits per heavy atom. The minimum atomic E-state index is -6.60. The summed E-state index contributed by atoms with van der Waals surface area (Å²) in [7, 11) is -10.9. The maximum Gasteiger partial charge on any atom is 0.512 e. The summed E-state index contributed by atoms with van der Waals surface area (Å²) in [5, 5.41) is 0. The first-order chi connectivity index (χ1) is 11.0. The van der Waals surface area contributed by atoms with Gasteiger partial charge in [0.05, 0.1) is 26.8 Å². The molecule has 0 saturated carbocycles. The first-order valence-electron chi connectivity index (χ1n) is 6.80. The molecule has 1 rings (SSSR count). The molecule has 152 valence electrons. The van der Waals surface area contributed by atoms with Crippen molar-refractivity contribution in [2.75, 3.05) is 39.9 Å². The second-order valence-electron chi connectivity index (χ2n) is 5.38. The Morgan fingerprint density at radius 1 is 0.920 bits per heavy atom. The molecule has 15 heteroatoms. The molecule has 1 N–H and O–H groups in total. The fourth-order valence-corrected chi connectivity index (χ4v) is 3.70. The molecular formula is C10H19F6N2O5S2+. The van der Waals surface area contributed by atoms with Crippen LogP contribution in [0.25, 0.3) is 0 Å². The van der Waals surface area contributed by atoms with Crippen LogP contribution in [-0.2, 0) is 24.8 Å². The Balaban J connectivity index is 0.000000496. The number of hydrogen-bond acceptors (Lipinski definition) is 5. The van der Waals surface area contributed by atoms with E-state index in [2.05, 4.69) is 14.0 Å². The lowest BCUT2D eigenvalue weighted by Gasteiger charge is -2.37. The molecule has 1 fully saturated rings. The third-order valence-corrected chi connectivity index (χ3v) is 6.12. The lowest BCUT2D eigenvalue weighted by atomic mass is 10.3. The smallest absolute Gasteiger partial charge is 0.370 e. The van der Waals surface area contributed by atoms with Gasteiger partial charge in [-0.25, -0.2) is 16.8 Å². The Morgan fingerprint density at radius 3 is 1.56 bits per heavy atom. The highest BCUT2D eigenvalue weighted by Crippen LogP contribution is 2.27. The highest BCUT2D eigenvalue weighted by Gasteiger charge is 2.55. The summed E-state index contributed by atoms with van der Waals surface area (Å²) in [5.41, 5.74) is -12.3. The van der Waals surface area contributed by atoms with Gasteiger partial charge in [0, 0.05) is 0 Å². The van der Waals surface area contributed by atoms with E-state index in [0.717, 1.165) is 13.2 Å². The van der Waals surface area contributed by atoms with Gasteiger partial charge in [-0.1, -0.05) is 11.1 Å². The minimum Gasteiger partial charge on any atom is -0.370 e. The maximum absolute atomic E-state index is 11.5. The van der Waals surface area contributed by atoms with Crippen molar-refractivity contribution in [1.82, 2.24) is 4.13 Å². The molecule has 0 aliphatic carbocycles. The topological polar surface area (TPSA) is 89.5 Å². The Kier molecular flexibility index (Phi) is 8.15. The molecule has 7 nitrogen and oxygen atoms in total. The van der Waals surface area contributed by atoms with Crippen LogP contribution in [0.3, 0.4) is 0 Å². The van der Waals surface area contributed by atoms with Crippen molar-refractivity contribution in [3.05, 3.63) is 0 Å². The largest absolute Gasteiger partial charge is 0.512 e. The Hall–Kier alpha value is -0.640. The van der Waals surface area contributed by atoms with E-state index in [1.807, 2.05) is 0 Å². The summed E-state index contributed by atoms with van der Waals surface area (Å²) in [6, 6.07) is 0. The first kappa shape index (κ1) is 24.4. The molecule has 0 bridgehead atoms. The number of nitrogens with one attached hydrogen (secondary N) is 1. The summed E-state index contributed by atoms with van der Waals surface area (Å²) >= 11 is 0. The zero-order valence-corrected chi connectivity index (χ0v) is 14.9.